The van der Waals surface area contributed by atoms with E-state index in [4.69, 9.17) is 10.5 Å². The Kier molecular flexibility index (Phi) is 4.93. The largest absolute Gasteiger partial charge is 0.495 e. The lowest BCUT2D eigenvalue weighted by Gasteiger charge is -2.14. The number of hydrogen-bond acceptors (Lipinski definition) is 4. The van der Waals surface area contributed by atoms with Gasteiger partial charge in [-0.25, -0.2) is 13.1 Å². The summed E-state index contributed by atoms with van der Waals surface area (Å²) >= 11 is 3.26. The van der Waals surface area contributed by atoms with Crippen molar-refractivity contribution in [3.63, 3.8) is 0 Å². The minimum absolute atomic E-state index is 0.0821. The molecule has 1 aliphatic rings. The average Bonchev–Trinajstić information content (AvgIpc) is 2.92. The fourth-order valence-electron chi connectivity index (χ4n) is 2.44. The standard InChI is InChI=1S/C13H19BrN2O3S/c1-19-12-6-10(14)11(15)7-13(12)20(17,18)16-8-9-4-2-3-5-9/h6-7,9,16H,2-5,8,15H2,1H3. The first-order valence-corrected chi connectivity index (χ1v) is 8.84. The van der Waals surface area contributed by atoms with Crippen molar-refractivity contribution in [3.05, 3.63) is 16.6 Å². The lowest BCUT2D eigenvalue weighted by Crippen LogP contribution is -2.29. The first kappa shape index (κ1) is 15.6. The fraction of sp³-hybridized carbons (Fsp3) is 0.538. The molecule has 0 saturated heterocycles. The van der Waals surface area contributed by atoms with E-state index in [-0.39, 0.29) is 10.6 Å². The minimum atomic E-state index is -3.61. The zero-order chi connectivity index (χ0) is 14.8. The van der Waals surface area contributed by atoms with Crippen LogP contribution in [0.15, 0.2) is 21.5 Å². The maximum atomic E-state index is 12.4. The molecular weight excluding hydrogens is 344 g/mol. The van der Waals surface area contributed by atoms with Crippen LogP contribution < -0.4 is 15.2 Å². The van der Waals surface area contributed by atoms with Crippen LogP contribution in [0.5, 0.6) is 5.75 Å². The van der Waals surface area contributed by atoms with Gasteiger partial charge in [0.25, 0.3) is 0 Å². The molecule has 3 N–H and O–H groups in total. The van der Waals surface area contributed by atoms with E-state index < -0.39 is 10.0 Å². The normalized spacial score (nSPS) is 16.5. The summed E-state index contributed by atoms with van der Waals surface area (Å²) in [5, 5.41) is 0. The maximum absolute atomic E-state index is 12.4. The van der Waals surface area contributed by atoms with Crippen molar-refractivity contribution < 1.29 is 13.2 Å². The average molecular weight is 363 g/mol. The van der Waals surface area contributed by atoms with Crippen molar-refractivity contribution in [2.24, 2.45) is 5.92 Å². The summed E-state index contributed by atoms with van der Waals surface area (Å²) in [4.78, 5) is 0.0821. The predicted molar refractivity (Wildman–Crippen MR) is 82.3 cm³/mol. The van der Waals surface area contributed by atoms with Crippen molar-refractivity contribution in [2.45, 2.75) is 30.6 Å². The lowest BCUT2D eigenvalue weighted by molar-refractivity contribution is 0.402. The Balaban J connectivity index is 2.21. The number of benzene rings is 1. The molecule has 0 spiro atoms. The van der Waals surface area contributed by atoms with Crippen molar-refractivity contribution >= 4 is 31.6 Å². The Labute approximate surface area is 128 Å². The van der Waals surface area contributed by atoms with E-state index in [1.165, 1.54) is 26.0 Å². The summed E-state index contributed by atoms with van der Waals surface area (Å²) in [6.45, 7) is 0.474. The molecule has 0 heterocycles. The highest BCUT2D eigenvalue weighted by molar-refractivity contribution is 9.10. The van der Waals surface area contributed by atoms with Gasteiger partial charge in [-0.1, -0.05) is 12.8 Å². The van der Waals surface area contributed by atoms with Crippen LogP contribution in [0.4, 0.5) is 5.69 Å². The van der Waals surface area contributed by atoms with Crippen LogP contribution >= 0.6 is 15.9 Å². The molecule has 0 aliphatic heterocycles. The quantitative estimate of drug-likeness (QED) is 0.788. The Morgan fingerprint density at radius 3 is 2.65 bits per heavy atom. The molecule has 0 radical (unpaired) electrons. The third-order valence-corrected chi connectivity index (χ3v) is 5.74. The highest BCUT2D eigenvalue weighted by Gasteiger charge is 2.23. The maximum Gasteiger partial charge on any atom is 0.244 e. The number of hydrogen-bond donors (Lipinski definition) is 2. The molecule has 0 atom stereocenters. The zero-order valence-electron chi connectivity index (χ0n) is 11.4. The zero-order valence-corrected chi connectivity index (χ0v) is 13.8. The molecule has 0 amide bonds. The number of methoxy groups -OCH3 is 1. The minimum Gasteiger partial charge on any atom is -0.495 e. The predicted octanol–water partition coefficient (Wildman–Crippen LogP) is 2.51. The number of rotatable bonds is 5. The molecule has 1 aliphatic carbocycles. The Morgan fingerprint density at radius 1 is 1.40 bits per heavy atom. The molecule has 7 heteroatoms. The summed E-state index contributed by atoms with van der Waals surface area (Å²) in [6.07, 6.45) is 4.53. The van der Waals surface area contributed by atoms with Gasteiger partial charge in [-0.15, -0.1) is 0 Å². The Hall–Kier alpha value is -0.790. The molecule has 0 bridgehead atoms. The number of nitrogen functional groups attached to an aromatic ring is 1. The summed E-state index contributed by atoms with van der Waals surface area (Å²) in [6, 6.07) is 2.99. The summed E-state index contributed by atoms with van der Waals surface area (Å²) in [5.74, 6) is 0.716. The first-order valence-electron chi connectivity index (χ1n) is 6.56. The molecule has 1 aromatic rings. The number of nitrogens with two attached hydrogens (primary N) is 1. The Bertz CT molecular complexity index is 584. The van der Waals surface area contributed by atoms with Gasteiger partial charge in [-0.3, -0.25) is 0 Å². The molecule has 20 heavy (non-hydrogen) atoms. The van der Waals surface area contributed by atoms with Crippen LogP contribution in [0.2, 0.25) is 0 Å². The monoisotopic (exact) mass is 362 g/mol. The number of nitrogens with one attached hydrogen (secondary N) is 1. The summed E-state index contributed by atoms with van der Waals surface area (Å²) in [5.41, 5.74) is 6.13. The van der Waals surface area contributed by atoms with Crippen LogP contribution in [0.25, 0.3) is 0 Å². The highest BCUT2D eigenvalue weighted by Crippen LogP contribution is 2.32. The second-order valence-corrected chi connectivity index (χ2v) is 7.62. The Morgan fingerprint density at radius 2 is 2.05 bits per heavy atom. The second-order valence-electron chi connectivity index (χ2n) is 5.03. The molecule has 1 saturated carbocycles. The molecule has 112 valence electrons. The van der Waals surface area contributed by atoms with Crippen LogP contribution in [-0.4, -0.2) is 22.1 Å². The molecule has 0 unspecified atom stereocenters. The SMILES string of the molecule is COc1cc(Br)c(N)cc1S(=O)(=O)NCC1CCCC1. The van der Waals surface area contributed by atoms with E-state index >= 15 is 0 Å². The topological polar surface area (TPSA) is 81.4 Å². The molecule has 0 aromatic heterocycles. The van der Waals surface area contributed by atoms with Gasteiger partial charge in [-0.05, 0) is 46.8 Å². The van der Waals surface area contributed by atoms with E-state index in [1.807, 2.05) is 0 Å². The molecule has 1 aromatic carbocycles. The van der Waals surface area contributed by atoms with Crippen molar-refractivity contribution in [2.75, 3.05) is 19.4 Å². The molecule has 1 fully saturated rings. The fourth-order valence-corrected chi connectivity index (χ4v) is 4.06. The van der Waals surface area contributed by atoms with Gasteiger partial charge in [0.2, 0.25) is 10.0 Å². The van der Waals surface area contributed by atoms with Crippen molar-refractivity contribution in [1.82, 2.24) is 4.72 Å². The highest BCUT2D eigenvalue weighted by atomic mass is 79.9. The van der Waals surface area contributed by atoms with Gasteiger partial charge in [0, 0.05) is 16.7 Å². The van der Waals surface area contributed by atoms with Gasteiger partial charge in [-0.2, -0.15) is 0 Å². The van der Waals surface area contributed by atoms with Crippen LogP contribution in [0.1, 0.15) is 25.7 Å². The van der Waals surface area contributed by atoms with Crippen molar-refractivity contribution in [3.8, 4) is 5.75 Å². The molecule has 5 nitrogen and oxygen atoms in total. The summed E-state index contributed by atoms with van der Waals surface area (Å²) in [7, 11) is -2.17. The van der Waals surface area contributed by atoms with Crippen LogP contribution in [0, 0.1) is 5.92 Å². The number of ether oxygens (including phenoxy) is 1. The van der Waals surface area contributed by atoms with Gasteiger partial charge in [0.05, 0.1) is 7.11 Å². The lowest BCUT2D eigenvalue weighted by atomic mass is 10.1. The van der Waals surface area contributed by atoms with Gasteiger partial charge < -0.3 is 10.5 Å². The number of halogens is 1. The van der Waals surface area contributed by atoms with Gasteiger partial charge in [0.1, 0.15) is 10.6 Å². The van der Waals surface area contributed by atoms with Crippen LogP contribution in [0.3, 0.4) is 0 Å². The number of anilines is 1. The molecule has 2 rings (SSSR count). The van der Waals surface area contributed by atoms with Gasteiger partial charge >= 0.3 is 0 Å². The van der Waals surface area contributed by atoms with E-state index in [1.54, 1.807) is 6.07 Å². The van der Waals surface area contributed by atoms with E-state index in [2.05, 4.69) is 20.7 Å². The summed E-state index contributed by atoms with van der Waals surface area (Å²) < 4.78 is 33.1. The van der Waals surface area contributed by atoms with E-state index in [0.717, 1.165) is 12.8 Å². The third-order valence-electron chi connectivity index (χ3n) is 3.61. The van der Waals surface area contributed by atoms with E-state index in [9.17, 15) is 8.42 Å². The third kappa shape index (κ3) is 3.45. The van der Waals surface area contributed by atoms with Crippen LogP contribution in [-0.2, 0) is 10.0 Å². The smallest absolute Gasteiger partial charge is 0.244 e. The number of sulfonamides is 1. The first-order chi connectivity index (χ1) is 9.44. The van der Waals surface area contributed by atoms with Crippen molar-refractivity contribution in [1.29, 1.82) is 0 Å². The molecular formula is C13H19BrN2O3S. The van der Waals surface area contributed by atoms with E-state index in [0.29, 0.717) is 22.6 Å². The second kappa shape index (κ2) is 6.32. The van der Waals surface area contributed by atoms with Gasteiger partial charge in [0.15, 0.2) is 0 Å².